The van der Waals surface area contributed by atoms with Crippen molar-refractivity contribution in [2.45, 2.75) is 0 Å². The molecule has 0 saturated carbocycles. The fraction of sp³-hybridized carbons (Fsp3) is 0. The lowest BCUT2D eigenvalue weighted by Gasteiger charge is -1.91. The zero-order valence-corrected chi connectivity index (χ0v) is 9.53. The third-order valence-corrected chi connectivity index (χ3v) is 1.89. The third-order valence-electron chi connectivity index (χ3n) is 1.59. The maximum absolute atomic E-state index is 12.1. The molecule has 2 aromatic rings. The van der Waals surface area contributed by atoms with E-state index in [4.69, 9.17) is 23.1 Å². The summed E-state index contributed by atoms with van der Waals surface area (Å²) in [6, 6.07) is 0. The van der Waals surface area contributed by atoms with Crippen molar-refractivity contribution in [3.05, 3.63) is 44.2 Å². The minimum atomic E-state index is -0.713. The van der Waals surface area contributed by atoms with Gasteiger partial charge in [0.2, 0.25) is 0 Å². The van der Waals surface area contributed by atoms with E-state index in [1.807, 2.05) is 4.98 Å². The Labute approximate surface area is 104 Å². The molecule has 6 N–H and O–H groups in total. The largest absolute Gasteiger partial charge is 0.384 e. The molecule has 96 valence electrons. The second kappa shape index (κ2) is 5.77. The Morgan fingerprint density at radius 2 is 1.56 bits per heavy atom. The van der Waals surface area contributed by atoms with E-state index < -0.39 is 17.2 Å². The molecule has 0 bridgehead atoms. The summed E-state index contributed by atoms with van der Waals surface area (Å²) in [6.07, 6.45) is 1.98. The molecule has 10 heteroatoms. The molecule has 8 nitrogen and oxygen atoms in total. The first-order valence-corrected chi connectivity index (χ1v) is 4.78. The number of hydrogen-bond acceptors (Lipinski definition) is 6. The Morgan fingerprint density at radius 1 is 1.06 bits per heavy atom. The molecule has 0 fully saturated rings. The van der Waals surface area contributed by atoms with Gasteiger partial charge in [-0.25, -0.2) is 19.0 Å². The predicted molar refractivity (Wildman–Crippen MR) is 63.5 cm³/mol. The molecule has 0 aliphatic rings. The molecule has 0 unspecified atom stereocenters. The van der Waals surface area contributed by atoms with Crippen LogP contribution in [-0.2, 0) is 0 Å². The molecule has 0 amide bonds. The maximum Gasteiger partial charge on any atom is 0.346 e. The number of nitrogens with two attached hydrogens (primary N) is 2. The molecule has 2 heterocycles. The van der Waals surface area contributed by atoms with Crippen LogP contribution in [0.5, 0.6) is 0 Å². The maximum atomic E-state index is 12.1. The molecular formula is C8H8ClFN6O2. The number of rotatable bonds is 0. The number of nitrogen functional groups attached to an aromatic ring is 2. The summed E-state index contributed by atoms with van der Waals surface area (Å²) in [5.74, 6) is -0.846. The first-order chi connectivity index (χ1) is 8.40. The van der Waals surface area contributed by atoms with Crippen LogP contribution >= 0.6 is 11.6 Å². The SMILES string of the molecule is Nc1[nH]c(=O)ncc1Cl.Nc1[nH]c(=O)ncc1F. The molecule has 0 spiro atoms. The van der Waals surface area contributed by atoms with Crippen molar-refractivity contribution in [2.75, 3.05) is 11.5 Å². The van der Waals surface area contributed by atoms with E-state index in [1.54, 1.807) is 0 Å². The van der Waals surface area contributed by atoms with Crippen molar-refractivity contribution in [1.82, 2.24) is 19.9 Å². The molecule has 0 aromatic carbocycles. The van der Waals surface area contributed by atoms with Gasteiger partial charge in [0.05, 0.1) is 17.4 Å². The second-order valence-electron chi connectivity index (χ2n) is 2.90. The van der Waals surface area contributed by atoms with Gasteiger partial charge < -0.3 is 11.5 Å². The Balaban J connectivity index is 0.000000180. The smallest absolute Gasteiger partial charge is 0.346 e. The van der Waals surface area contributed by atoms with Gasteiger partial charge in [-0.05, 0) is 0 Å². The Kier molecular flexibility index (Phi) is 4.38. The van der Waals surface area contributed by atoms with Gasteiger partial charge in [0.25, 0.3) is 0 Å². The topological polar surface area (TPSA) is 144 Å². The monoisotopic (exact) mass is 274 g/mol. The normalized spacial score (nSPS) is 9.44. The van der Waals surface area contributed by atoms with Crippen LogP contribution in [0.2, 0.25) is 5.02 Å². The van der Waals surface area contributed by atoms with Crippen molar-refractivity contribution in [3.63, 3.8) is 0 Å². The standard InChI is InChI=1S/C4H4ClN3O.C4H4FN3O/c2*5-2-1-7-4(9)8-3(2)6/h2*1H,(H3,6,7,8,9). The third kappa shape index (κ3) is 3.87. The van der Waals surface area contributed by atoms with Crippen LogP contribution < -0.4 is 22.8 Å². The zero-order valence-electron chi connectivity index (χ0n) is 8.78. The first-order valence-electron chi connectivity index (χ1n) is 4.40. The van der Waals surface area contributed by atoms with E-state index >= 15 is 0 Å². The van der Waals surface area contributed by atoms with E-state index in [2.05, 4.69) is 15.0 Å². The van der Waals surface area contributed by atoms with Crippen LogP contribution in [0, 0.1) is 5.82 Å². The van der Waals surface area contributed by atoms with Gasteiger partial charge in [0, 0.05) is 0 Å². The highest BCUT2D eigenvalue weighted by atomic mass is 35.5. The molecular weight excluding hydrogens is 267 g/mol. The summed E-state index contributed by atoms with van der Waals surface area (Å²) in [5.41, 5.74) is 9.01. The summed E-state index contributed by atoms with van der Waals surface area (Å²) in [7, 11) is 0. The first kappa shape index (κ1) is 13.6. The number of nitrogens with zero attached hydrogens (tertiary/aromatic N) is 2. The summed E-state index contributed by atoms with van der Waals surface area (Å²) < 4.78 is 12.1. The molecule has 18 heavy (non-hydrogen) atoms. The predicted octanol–water partition coefficient (Wildman–Crippen LogP) is -0.503. The van der Waals surface area contributed by atoms with Crippen LogP contribution in [-0.4, -0.2) is 19.9 Å². The lowest BCUT2D eigenvalue weighted by Crippen LogP contribution is -2.12. The molecule has 0 radical (unpaired) electrons. The average molecular weight is 275 g/mol. The number of aromatic nitrogens is 4. The lowest BCUT2D eigenvalue weighted by atomic mass is 10.6. The minimum Gasteiger partial charge on any atom is -0.384 e. The van der Waals surface area contributed by atoms with E-state index in [0.29, 0.717) is 0 Å². The van der Waals surface area contributed by atoms with Gasteiger partial charge in [0.1, 0.15) is 11.6 Å². The minimum absolute atomic E-state index is 0.150. The van der Waals surface area contributed by atoms with Crippen LogP contribution in [0.15, 0.2) is 22.0 Å². The van der Waals surface area contributed by atoms with E-state index in [-0.39, 0.29) is 16.7 Å². The molecule has 2 rings (SSSR count). The molecule has 0 aliphatic carbocycles. The van der Waals surface area contributed by atoms with Gasteiger partial charge in [-0.1, -0.05) is 11.6 Å². The van der Waals surface area contributed by atoms with E-state index in [0.717, 1.165) is 6.20 Å². The summed E-state index contributed by atoms with van der Waals surface area (Å²) >= 11 is 5.42. The number of aromatic amines is 2. The Morgan fingerprint density at radius 3 is 1.94 bits per heavy atom. The zero-order chi connectivity index (χ0) is 13.7. The van der Waals surface area contributed by atoms with Gasteiger partial charge in [0.15, 0.2) is 5.82 Å². The van der Waals surface area contributed by atoms with Crippen LogP contribution in [0.3, 0.4) is 0 Å². The van der Waals surface area contributed by atoms with Crippen molar-refractivity contribution in [1.29, 1.82) is 0 Å². The van der Waals surface area contributed by atoms with Crippen molar-refractivity contribution in [2.24, 2.45) is 0 Å². The number of hydrogen-bond donors (Lipinski definition) is 4. The highest BCUT2D eigenvalue weighted by Crippen LogP contribution is 2.09. The van der Waals surface area contributed by atoms with E-state index in [1.165, 1.54) is 6.20 Å². The Hall–Kier alpha value is -2.42. The Bertz CT molecular complexity index is 597. The number of H-pyrrole nitrogens is 2. The van der Waals surface area contributed by atoms with Gasteiger partial charge in [-0.15, -0.1) is 0 Å². The van der Waals surface area contributed by atoms with E-state index in [9.17, 15) is 14.0 Å². The molecule has 0 aliphatic heterocycles. The summed E-state index contributed by atoms with van der Waals surface area (Å²) in [6.45, 7) is 0. The average Bonchev–Trinajstić information content (AvgIpc) is 2.30. The van der Waals surface area contributed by atoms with Gasteiger partial charge in [-0.2, -0.15) is 4.98 Å². The fourth-order valence-electron chi connectivity index (χ4n) is 0.784. The van der Waals surface area contributed by atoms with Crippen LogP contribution in [0.4, 0.5) is 16.0 Å². The number of nitrogens with one attached hydrogen (secondary N) is 2. The summed E-state index contributed by atoms with van der Waals surface area (Å²) in [5, 5.41) is 0.259. The van der Waals surface area contributed by atoms with Crippen molar-refractivity contribution in [3.8, 4) is 0 Å². The summed E-state index contributed by atoms with van der Waals surface area (Å²) in [4.78, 5) is 31.1. The van der Waals surface area contributed by atoms with Crippen LogP contribution in [0.25, 0.3) is 0 Å². The lowest BCUT2D eigenvalue weighted by molar-refractivity contribution is 0.617. The highest BCUT2D eigenvalue weighted by molar-refractivity contribution is 6.32. The molecule has 0 saturated heterocycles. The molecule has 0 atom stereocenters. The van der Waals surface area contributed by atoms with Gasteiger partial charge in [-0.3, -0.25) is 9.97 Å². The quantitative estimate of drug-likeness (QED) is 0.510. The van der Waals surface area contributed by atoms with Crippen molar-refractivity contribution < 1.29 is 4.39 Å². The highest BCUT2D eigenvalue weighted by Gasteiger charge is 1.95. The van der Waals surface area contributed by atoms with Crippen LogP contribution in [0.1, 0.15) is 0 Å². The number of anilines is 2. The number of halogens is 2. The van der Waals surface area contributed by atoms with Gasteiger partial charge >= 0.3 is 11.4 Å². The van der Waals surface area contributed by atoms with Crippen molar-refractivity contribution >= 4 is 23.2 Å². The fourth-order valence-corrected chi connectivity index (χ4v) is 0.880. The molecule has 2 aromatic heterocycles. The second-order valence-corrected chi connectivity index (χ2v) is 3.31.